The Morgan fingerprint density at radius 2 is 2.00 bits per heavy atom. The van der Waals surface area contributed by atoms with Gasteiger partial charge in [0.15, 0.2) is 23.3 Å². The fraction of sp³-hybridized carbons (Fsp3) is 0.150. The van der Waals surface area contributed by atoms with Crippen molar-refractivity contribution >= 4 is 52.2 Å². The molecule has 168 valence electrons. The van der Waals surface area contributed by atoms with Crippen LogP contribution in [0.2, 0.25) is 5.02 Å². The summed E-state index contributed by atoms with van der Waals surface area (Å²) >= 11 is 6.55. The highest BCUT2D eigenvalue weighted by atomic mass is 35.5. The summed E-state index contributed by atoms with van der Waals surface area (Å²) in [6.45, 7) is -0.546. The molecule has 12 heteroatoms. The molecule has 0 aliphatic carbocycles. The predicted molar refractivity (Wildman–Crippen MR) is 113 cm³/mol. The van der Waals surface area contributed by atoms with Crippen molar-refractivity contribution in [2.75, 3.05) is 13.7 Å². The van der Waals surface area contributed by atoms with Crippen LogP contribution in [0.1, 0.15) is 11.1 Å². The number of ether oxygens (including phenoxy) is 2. The number of carbonyl (C=O) groups excluding carboxylic acids is 1. The van der Waals surface area contributed by atoms with Gasteiger partial charge in [0, 0.05) is 0 Å². The van der Waals surface area contributed by atoms with E-state index in [0.717, 1.165) is 23.9 Å². The molecule has 32 heavy (non-hydrogen) atoms. The third-order valence-corrected chi connectivity index (χ3v) is 5.21. The third-order valence-electron chi connectivity index (χ3n) is 3.97. The fourth-order valence-electron chi connectivity index (χ4n) is 2.58. The summed E-state index contributed by atoms with van der Waals surface area (Å²) in [5.41, 5.74) is -0.495. The predicted octanol–water partition coefficient (Wildman–Crippen LogP) is 4.72. The highest BCUT2D eigenvalue weighted by Crippen LogP contribution is 2.38. The average Bonchev–Trinajstić information content (AvgIpc) is 3.06. The van der Waals surface area contributed by atoms with Gasteiger partial charge in [0.1, 0.15) is 0 Å². The molecule has 2 aromatic carbocycles. The van der Waals surface area contributed by atoms with Gasteiger partial charge in [-0.3, -0.25) is 4.79 Å². The van der Waals surface area contributed by atoms with Gasteiger partial charge in [-0.15, -0.1) is 0 Å². The number of carboxylic acids is 1. The smallest absolute Gasteiger partial charge is 0.417 e. The molecule has 7 nitrogen and oxygen atoms in total. The zero-order chi connectivity index (χ0) is 23.5. The minimum atomic E-state index is -4.64. The summed E-state index contributed by atoms with van der Waals surface area (Å²) in [6, 6.07) is 7.81. The molecule has 1 aliphatic heterocycles. The second-order valence-electron chi connectivity index (χ2n) is 6.24. The number of halogens is 4. The number of alkyl halides is 3. The highest BCUT2D eigenvalue weighted by Gasteiger charge is 2.33. The van der Waals surface area contributed by atoms with Gasteiger partial charge in [0.25, 0.3) is 5.91 Å². The van der Waals surface area contributed by atoms with Crippen LogP contribution in [-0.4, -0.2) is 35.9 Å². The number of thioether (sulfide) groups is 1. The molecule has 1 saturated heterocycles. The van der Waals surface area contributed by atoms with Crippen LogP contribution in [0.4, 0.5) is 18.9 Å². The van der Waals surface area contributed by atoms with Crippen molar-refractivity contribution in [1.29, 1.82) is 0 Å². The minimum Gasteiger partial charge on any atom is -0.493 e. The number of aliphatic carboxylic acids is 1. The summed E-state index contributed by atoms with van der Waals surface area (Å²) in [4.78, 5) is 27.2. The van der Waals surface area contributed by atoms with E-state index in [-0.39, 0.29) is 27.3 Å². The number of amides is 1. The van der Waals surface area contributed by atoms with Gasteiger partial charge in [-0.25, -0.2) is 9.79 Å². The van der Waals surface area contributed by atoms with Gasteiger partial charge in [-0.1, -0.05) is 17.7 Å². The number of hydrogen-bond donors (Lipinski definition) is 2. The molecule has 2 aromatic rings. The number of aliphatic imine (C=N–C) groups is 1. The first kappa shape index (κ1) is 23.5. The first-order valence-corrected chi connectivity index (χ1v) is 9.95. The van der Waals surface area contributed by atoms with E-state index in [2.05, 4.69) is 10.3 Å². The van der Waals surface area contributed by atoms with E-state index in [1.807, 2.05) is 0 Å². The van der Waals surface area contributed by atoms with Crippen molar-refractivity contribution in [3.8, 4) is 11.5 Å². The quantitative estimate of drug-likeness (QED) is 0.573. The molecule has 1 heterocycles. The van der Waals surface area contributed by atoms with Gasteiger partial charge in [-0.05, 0) is 53.7 Å². The molecule has 1 aliphatic rings. The Kier molecular flexibility index (Phi) is 6.99. The fourth-order valence-corrected chi connectivity index (χ4v) is 3.65. The van der Waals surface area contributed by atoms with Crippen LogP contribution >= 0.6 is 23.4 Å². The lowest BCUT2D eigenvalue weighted by Crippen LogP contribution is -2.19. The lowest BCUT2D eigenvalue weighted by atomic mass is 10.2. The normalized spacial score (nSPS) is 16.3. The van der Waals surface area contributed by atoms with E-state index in [0.29, 0.717) is 5.56 Å². The molecule has 0 spiro atoms. The van der Waals surface area contributed by atoms with Gasteiger partial charge >= 0.3 is 12.1 Å². The molecule has 0 atom stereocenters. The number of rotatable bonds is 6. The number of methoxy groups -OCH3 is 1. The molecule has 0 unspecified atom stereocenters. The minimum absolute atomic E-state index is 0.0209. The second-order valence-corrected chi connectivity index (χ2v) is 7.67. The Morgan fingerprint density at radius 1 is 1.25 bits per heavy atom. The largest absolute Gasteiger partial charge is 0.493 e. The molecule has 3 rings (SSSR count). The van der Waals surface area contributed by atoms with E-state index in [1.165, 1.54) is 25.3 Å². The maximum Gasteiger partial charge on any atom is 0.417 e. The molecular weight excluding hydrogens is 473 g/mol. The second kappa shape index (κ2) is 9.53. The lowest BCUT2D eigenvalue weighted by Gasteiger charge is -2.09. The van der Waals surface area contributed by atoms with Crippen LogP contribution in [0.15, 0.2) is 46.3 Å². The van der Waals surface area contributed by atoms with Crippen molar-refractivity contribution in [2.24, 2.45) is 4.99 Å². The van der Waals surface area contributed by atoms with Crippen LogP contribution in [-0.2, 0) is 15.8 Å². The number of hydrogen-bond acceptors (Lipinski definition) is 6. The van der Waals surface area contributed by atoms with Crippen LogP contribution in [0, 0.1) is 0 Å². The SMILES string of the molecule is COc1cc(/C=C2/SC(=Nc3ccc(Cl)c(C(F)(F)F)c3)NC2=O)ccc1OCC(=O)O. The molecule has 2 N–H and O–H groups in total. The maximum atomic E-state index is 13.0. The third kappa shape index (κ3) is 5.74. The number of carboxylic acid groups (broad SMARTS) is 1. The number of nitrogens with zero attached hydrogens (tertiary/aromatic N) is 1. The molecule has 1 fully saturated rings. The maximum absolute atomic E-state index is 13.0. The van der Waals surface area contributed by atoms with Crippen LogP contribution in [0.25, 0.3) is 6.08 Å². The van der Waals surface area contributed by atoms with Crippen LogP contribution < -0.4 is 14.8 Å². The van der Waals surface area contributed by atoms with Crippen molar-refractivity contribution < 1.29 is 37.3 Å². The molecular formula is C20H14ClF3N2O5S. The average molecular weight is 487 g/mol. The van der Waals surface area contributed by atoms with Gasteiger partial charge < -0.3 is 19.9 Å². The number of benzene rings is 2. The zero-order valence-electron chi connectivity index (χ0n) is 16.2. The molecule has 0 saturated carbocycles. The number of nitrogens with one attached hydrogen (secondary N) is 1. The lowest BCUT2D eigenvalue weighted by molar-refractivity contribution is -0.139. The summed E-state index contributed by atoms with van der Waals surface area (Å²) in [6.07, 6.45) is -3.11. The van der Waals surface area contributed by atoms with Crippen molar-refractivity contribution in [3.63, 3.8) is 0 Å². The van der Waals surface area contributed by atoms with E-state index in [1.54, 1.807) is 12.1 Å². The zero-order valence-corrected chi connectivity index (χ0v) is 17.8. The van der Waals surface area contributed by atoms with E-state index in [9.17, 15) is 22.8 Å². The molecule has 0 bridgehead atoms. The first-order chi connectivity index (χ1) is 15.1. The summed E-state index contributed by atoms with van der Waals surface area (Å²) < 4.78 is 49.4. The summed E-state index contributed by atoms with van der Waals surface area (Å²) in [5.74, 6) is -1.15. The van der Waals surface area contributed by atoms with Crippen LogP contribution in [0.5, 0.6) is 11.5 Å². The van der Waals surface area contributed by atoms with Crippen LogP contribution in [0.3, 0.4) is 0 Å². The van der Waals surface area contributed by atoms with Crippen molar-refractivity contribution in [1.82, 2.24) is 5.32 Å². The Labute approximate surface area is 188 Å². The summed E-state index contributed by atoms with van der Waals surface area (Å²) in [7, 11) is 1.38. The van der Waals surface area contributed by atoms with E-state index in [4.69, 9.17) is 26.2 Å². The van der Waals surface area contributed by atoms with Gasteiger partial charge in [-0.2, -0.15) is 13.2 Å². The number of amidine groups is 1. The van der Waals surface area contributed by atoms with E-state index >= 15 is 0 Å². The Balaban J connectivity index is 1.82. The van der Waals surface area contributed by atoms with Gasteiger partial charge in [0.05, 0.1) is 28.3 Å². The Bertz CT molecular complexity index is 1130. The Morgan fingerprint density at radius 3 is 2.66 bits per heavy atom. The molecule has 1 amide bonds. The van der Waals surface area contributed by atoms with Crippen molar-refractivity contribution in [3.05, 3.63) is 57.5 Å². The standard InChI is InChI=1S/C20H14ClF3N2O5S/c1-30-15-6-10(2-5-14(15)31-9-17(27)28)7-16-18(29)26-19(32-16)25-11-3-4-13(21)12(8-11)20(22,23)24/h2-8H,9H2,1H3,(H,27,28)(H,25,26,29)/b16-7+. The topological polar surface area (TPSA) is 97.2 Å². The van der Waals surface area contributed by atoms with E-state index < -0.39 is 35.2 Å². The molecule has 0 aromatic heterocycles. The molecule has 0 radical (unpaired) electrons. The highest BCUT2D eigenvalue weighted by molar-refractivity contribution is 8.18. The van der Waals surface area contributed by atoms with Crippen molar-refractivity contribution in [2.45, 2.75) is 6.18 Å². The van der Waals surface area contributed by atoms with Gasteiger partial charge in [0.2, 0.25) is 0 Å². The summed E-state index contributed by atoms with van der Waals surface area (Å²) in [5, 5.41) is 10.9. The monoisotopic (exact) mass is 486 g/mol. The first-order valence-electron chi connectivity index (χ1n) is 8.76. The number of carbonyl (C=O) groups is 2. The Hall–Kier alpha value is -3.18.